The first-order valence-corrected chi connectivity index (χ1v) is 5.82. The lowest BCUT2D eigenvalue weighted by atomic mass is 10.1. The van der Waals surface area contributed by atoms with Gasteiger partial charge in [-0.2, -0.15) is 0 Å². The summed E-state index contributed by atoms with van der Waals surface area (Å²) in [5, 5.41) is 0. The number of ether oxygens (including phenoxy) is 1. The van der Waals surface area contributed by atoms with Gasteiger partial charge in [0.05, 0.1) is 6.10 Å². The largest absolute Gasteiger partial charge is 0.379 e. The molecule has 0 heterocycles. The lowest BCUT2D eigenvalue weighted by molar-refractivity contribution is -0.107. The first kappa shape index (κ1) is 13.6. The van der Waals surface area contributed by atoms with E-state index < -0.39 is 0 Å². The van der Waals surface area contributed by atoms with Crippen molar-refractivity contribution >= 4 is 6.29 Å². The molecule has 0 aromatic rings. The van der Waals surface area contributed by atoms with Crippen LogP contribution in [0, 0.1) is 0 Å². The van der Waals surface area contributed by atoms with Crippen LogP contribution in [0.15, 0.2) is 0 Å². The third-order valence-electron chi connectivity index (χ3n) is 2.17. The molecule has 0 radical (unpaired) electrons. The maximum atomic E-state index is 10.0. The Morgan fingerprint density at radius 3 is 2.14 bits per heavy atom. The molecule has 0 bridgehead atoms. The zero-order valence-electron chi connectivity index (χ0n) is 9.63. The van der Waals surface area contributed by atoms with Gasteiger partial charge in [0.2, 0.25) is 0 Å². The molecule has 0 spiro atoms. The molecular weight excluding hydrogens is 176 g/mol. The molecule has 0 amide bonds. The highest BCUT2D eigenvalue weighted by Crippen LogP contribution is 2.06. The van der Waals surface area contributed by atoms with Crippen molar-refractivity contribution in [1.29, 1.82) is 0 Å². The van der Waals surface area contributed by atoms with Gasteiger partial charge in [0.15, 0.2) is 0 Å². The Labute approximate surface area is 88.0 Å². The lowest BCUT2D eigenvalue weighted by Crippen LogP contribution is -2.03. The standard InChI is InChI=1S/C12H24O2/c1-12(2)14-11-9-7-5-3-4-6-8-10-13/h10,12H,3-9,11H2,1-2H3. The number of rotatable bonds is 10. The first-order chi connectivity index (χ1) is 6.77. The Morgan fingerprint density at radius 1 is 1.00 bits per heavy atom. The summed E-state index contributed by atoms with van der Waals surface area (Å²) in [6.45, 7) is 5.03. The maximum absolute atomic E-state index is 10.0. The van der Waals surface area contributed by atoms with Crippen LogP contribution in [-0.4, -0.2) is 19.0 Å². The van der Waals surface area contributed by atoms with Crippen LogP contribution in [0.5, 0.6) is 0 Å². The fourth-order valence-corrected chi connectivity index (χ4v) is 1.36. The van der Waals surface area contributed by atoms with Crippen molar-refractivity contribution in [2.45, 2.75) is 64.9 Å². The van der Waals surface area contributed by atoms with Crippen LogP contribution in [0.2, 0.25) is 0 Å². The van der Waals surface area contributed by atoms with Crippen molar-refractivity contribution in [3.05, 3.63) is 0 Å². The molecule has 14 heavy (non-hydrogen) atoms. The number of unbranched alkanes of at least 4 members (excludes halogenated alkanes) is 6. The van der Waals surface area contributed by atoms with E-state index in [1.165, 1.54) is 32.1 Å². The molecule has 0 aromatic heterocycles. The van der Waals surface area contributed by atoms with Crippen molar-refractivity contribution in [3.8, 4) is 0 Å². The molecule has 0 unspecified atom stereocenters. The summed E-state index contributed by atoms with van der Waals surface area (Å²) in [4.78, 5) is 10.0. The Bertz CT molecular complexity index is 121. The number of hydrogen-bond acceptors (Lipinski definition) is 2. The Kier molecular flexibility index (Phi) is 10.4. The van der Waals surface area contributed by atoms with Crippen LogP contribution in [-0.2, 0) is 9.53 Å². The van der Waals surface area contributed by atoms with E-state index in [-0.39, 0.29) is 0 Å². The third kappa shape index (κ3) is 11.6. The number of hydrogen-bond donors (Lipinski definition) is 0. The summed E-state index contributed by atoms with van der Waals surface area (Å²) in [5.74, 6) is 0. The van der Waals surface area contributed by atoms with E-state index in [1.807, 2.05) is 0 Å². The summed E-state index contributed by atoms with van der Waals surface area (Å²) in [6.07, 6.45) is 9.33. The molecule has 0 fully saturated rings. The summed E-state index contributed by atoms with van der Waals surface area (Å²) in [6, 6.07) is 0. The normalized spacial score (nSPS) is 10.8. The van der Waals surface area contributed by atoms with E-state index in [1.54, 1.807) is 0 Å². The molecule has 84 valence electrons. The fourth-order valence-electron chi connectivity index (χ4n) is 1.36. The molecule has 0 saturated heterocycles. The summed E-state index contributed by atoms with van der Waals surface area (Å²) in [7, 11) is 0. The van der Waals surface area contributed by atoms with Crippen molar-refractivity contribution in [3.63, 3.8) is 0 Å². The predicted octanol–water partition coefficient (Wildman–Crippen LogP) is 3.34. The zero-order chi connectivity index (χ0) is 10.6. The quantitative estimate of drug-likeness (QED) is 0.399. The van der Waals surface area contributed by atoms with Gasteiger partial charge in [-0.05, 0) is 26.7 Å². The highest BCUT2D eigenvalue weighted by molar-refractivity contribution is 5.48. The topological polar surface area (TPSA) is 26.3 Å². The van der Waals surface area contributed by atoms with Crippen LogP contribution < -0.4 is 0 Å². The molecule has 0 atom stereocenters. The summed E-state index contributed by atoms with van der Waals surface area (Å²) in [5.41, 5.74) is 0. The van der Waals surface area contributed by atoms with Crippen LogP contribution in [0.25, 0.3) is 0 Å². The number of aldehydes is 1. The van der Waals surface area contributed by atoms with E-state index in [9.17, 15) is 4.79 Å². The molecule has 0 rings (SSSR count). The lowest BCUT2D eigenvalue weighted by Gasteiger charge is -2.06. The number of carbonyl (C=O) groups excluding carboxylic acids is 1. The van der Waals surface area contributed by atoms with Crippen molar-refractivity contribution in [1.82, 2.24) is 0 Å². The summed E-state index contributed by atoms with van der Waals surface area (Å²) < 4.78 is 5.44. The van der Waals surface area contributed by atoms with Crippen LogP contribution >= 0.6 is 0 Å². The van der Waals surface area contributed by atoms with Gasteiger partial charge >= 0.3 is 0 Å². The van der Waals surface area contributed by atoms with Crippen LogP contribution in [0.1, 0.15) is 58.8 Å². The molecule has 0 aliphatic rings. The van der Waals surface area contributed by atoms with Gasteiger partial charge in [-0.25, -0.2) is 0 Å². The van der Waals surface area contributed by atoms with Gasteiger partial charge in [0.25, 0.3) is 0 Å². The highest BCUT2D eigenvalue weighted by Gasteiger charge is 1.94. The third-order valence-corrected chi connectivity index (χ3v) is 2.17. The minimum absolute atomic E-state index is 0.364. The van der Waals surface area contributed by atoms with E-state index >= 15 is 0 Å². The van der Waals surface area contributed by atoms with Gasteiger partial charge in [0.1, 0.15) is 6.29 Å². The molecule has 0 aliphatic carbocycles. The zero-order valence-corrected chi connectivity index (χ0v) is 9.63. The van der Waals surface area contributed by atoms with Gasteiger partial charge in [-0.3, -0.25) is 0 Å². The van der Waals surface area contributed by atoms with Crippen LogP contribution in [0.4, 0.5) is 0 Å². The molecule has 2 nitrogen and oxygen atoms in total. The number of carbonyl (C=O) groups is 1. The van der Waals surface area contributed by atoms with Crippen molar-refractivity contribution in [2.75, 3.05) is 6.61 Å². The average molecular weight is 200 g/mol. The fraction of sp³-hybridized carbons (Fsp3) is 0.917. The molecule has 0 aliphatic heterocycles. The van der Waals surface area contributed by atoms with Gasteiger partial charge in [-0.1, -0.05) is 25.7 Å². The van der Waals surface area contributed by atoms with Crippen molar-refractivity contribution in [2.24, 2.45) is 0 Å². The minimum Gasteiger partial charge on any atom is -0.379 e. The van der Waals surface area contributed by atoms with Crippen LogP contribution in [0.3, 0.4) is 0 Å². The monoisotopic (exact) mass is 200 g/mol. The Hall–Kier alpha value is -0.370. The Balaban J connectivity index is 2.88. The van der Waals surface area contributed by atoms with Gasteiger partial charge in [0, 0.05) is 13.0 Å². The van der Waals surface area contributed by atoms with Gasteiger partial charge in [-0.15, -0.1) is 0 Å². The minimum atomic E-state index is 0.364. The van der Waals surface area contributed by atoms with E-state index in [2.05, 4.69) is 13.8 Å². The highest BCUT2D eigenvalue weighted by atomic mass is 16.5. The second kappa shape index (κ2) is 10.7. The van der Waals surface area contributed by atoms with E-state index in [4.69, 9.17) is 4.74 Å². The second-order valence-electron chi connectivity index (χ2n) is 4.00. The smallest absolute Gasteiger partial charge is 0.119 e. The summed E-state index contributed by atoms with van der Waals surface area (Å²) >= 11 is 0. The van der Waals surface area contributed by atoms with E-state index in [0.717, 1.165) is 25.7 Å². The predicted molar refractivity (Wildman–Crippen MR) is 59.5 cm³/mol. The van der Waals surface area contributed by atoms with E-state index in [0.29, 0.717) is 6.10 Å². The maximum Gasteiger partial charge on any atom is 0.119 e. The first-order valence-electron chi connectivity index (χ1n) is 5.82. The van der Waals surface area contributed by atoms with Gasteiger partial charge < -0.3 is 9.53 Å². The molecule has 0 aromatic carbocycles. The average Bonchev–Trinajstić information content (AvgIpc) is 2.15. The second-order valence-corrected chi connectivity index (χ2v) is 4.00. The molecule has 2 heteroatoms. The van der Waals surface area contributed by atoms with Crippen molar-refractivity contribution < 1.29 is 9.53 Å². The molecule has 0 N–H and O–H groups in total. The molecular formula is C12H24O2. The Morgan fingerprint density at radius 2 is 1.57 bits per heavy atom. The molecule has 0 saturated carbocycles. The SMILES string of the molecule is CC(C)OCCCCCCCCC=O.